The molecule has 0 saturated heterocycles. The molecule has 0 aromatic heterocycles. The molecular formula is C13H10N2O4. The Labute approximate surface area is 108 Å². The number of aromatic hydroxyl groups is 1. The molecule has 0 unspecified atom stereocenters. The summed E-state index contributed by atoms with van der Waals surface area (Å²) in [5.41, 5.74) is 0.523. The molecule has 0 fully saturated rings. The van der Waals surface area contributed by atoms with E-state index in [1.54, 1.807) is 30.3 Å². The van der Waals surface area contributed by atoms with E-state index < -0.39 is 4.92 Å². The van der Waals surface area contributed by atoms with Gasteiger partial charge >= 0.3 is 0 Å². The van der Waals surface area contributed by atoms with Crippen molar-refractivity contribution in [3.63, 3.8) is 0 Å². The Morgan fingerprint density at radius 1 is 1.16 bits per heavy atom. The van der Waals surface area contributed by atoms with Crippen molar-refractivity contribution < 1.29 is 15.2 Å². The van der Waals surface area contributed by atoms with Gasteiger partial charge in [0, 0.05) is 17.7 Å². The van der Waals surface area contributed by atoms with Crippen LogP contribution in [0.2, 0.25) is 0 Å². The maximum atomic E-state index is 10.7. The van der Waals surface area contributed by atoms with Crippen molar-refractivity contribution in [2.75, 3.05) is 0 Å². The highest BCUT2D eigenvalue weighted by atomic mass is 16.6. The first kappa shape index (κ1) is 12.6. The fraction of sp³-hybridized carbons (Fsp3) is 0. The van der Waals surface area contributed by atoms with Gasteiger partial charge in [-0.05, 0) is 6.07 Å². The zero-order valence-corrected chi connectivity index (χ0v) is 9.72. The zero-order chi connectivity index (χ0) is 13.8. The van der Waals surface area contributed by atoms with Crippen LogP contribution in [0, 0.1) is 10.1 Å². The van der Waals surface area contributed by atoms with E-state index in [1.165, 1.54) is 12.1 Å². The maximum absolute atomic E-state index is 10.7. The number of nitrogens with zero attached hydrogens (tertiary/aromatic N) is 2. The molecule has 0 atom stereocenters. The van der Waals surface area contributed by atoms with Crippen LogP contribution in [0.4, 0.5) is 5.69 Å². The number of nitro benzene ring substituents is 1. The topological polar surface area (TPSA) is 96.0 Å². The average molecular weight is 258 g/mol. The Kier molecular flexibility index (Phi) is 3.42. The fourth-order valence-electron chi connectivity index (χ4n) is 1.69. The lowest BCUT2D eigenvalue weighted by atomic mass is 10.0. The van der Waals surface area contributed by atoms with E-state index in [0.717, 1.165) is 6.07 Å². The summed E-state index contributed by atoms with van der Waals surface area (Å²) in [6.45, 7) is 0. The van der Waals surface area contributed by atoms with Crippen LogP contribution in [0.25, 0.3) is 0 Å². The molecule has 0 saturated carbocycles. The van der Waals surface area contributed by atoms with Gasteiger partial charge in [0.15, 0.2) is 0 Å². The summed E-state index contributed by atoms with van der Waals surface area (Å²) in [7, 11) is 0. The molecule has 0 heterocycles. The Bertz CT molecular complexity index is 638. The number of benzene rings is 2. The summed E-state index contributed by atoms with van der Waals surface area (Å²) in [5, 5.41) is 32.7. The number of hydrogen-bond acceptors (Lipinski definition) is 5. The third-order valence-electron chi connectivity index (χ3n) is 2.59. The van der Waals surface area contributed by atoms with Gasteiger partial charge in [-0.1, -0.05) is 35.5 Å². The summed E-state index contributed by atoms with van der Waals surface area (Å²) in [6.07, 6.45) is 0. The van der Waals surface area contributed by atoms with Crippen molar-refractivity contribution in [3.8, 4) is 5.75 Å². The first-order valence-corrected chi connectivity index (χ1v) is 5.38. The van der Waals surface area contributed by atoms with Crippen molar-refractivity contribution in [3.05, 3.63) is 69.8 Å². The highest BCUT2D eigenvalue weighted by Crippen LogP contribution is 2.25. The van der Waals surface area contributed by atoms with Crippen LogP contribution in [0.1, 0.15) is 11.1 Å². The molecule has 6 heteroatoms. The highest BCUT2D eigenvalue weighted by molar-refractivity contribution is 6.14. The molecule has 0 aliphatic rings. The summed E-state index contributed by atoms with van der Waals surface area (Å²) in [6, 6.07) is 12.1. The van der Waals surface area contributed by atoms with Gasteiger partial charge in [-0.2, -0.15) is 0 Å². The van der Waals surface area contributed by atoms with Crippen molar-refractivity contribution in [2.45, 2.75) is 0 Å². The van der Waals surface area contributed by atoms with Gasteiger partial charge in [-0.3, -0.25) is 10.1 Å². The number of hydrogen-bond donors (Lipinski definition) is 2. The smallest absolute Gasteiger partial charge is 0.270 e. The largest absolute Gasteiger partial charge is 0.507 e. The Hall–Kier alpha value is -2.89. The molecule has 0 aliphatic carbocycles. The minimum absolute atomic E-state index is 0.0711. The van der Waals surface area contributed by atoms with Crippen LogP contribution in [0.5, 0.6) is 5.75 Å². The monoisotopic (exact) mass is 258 g/mol. The summed E-state index contributed by atoms with van der Waals surface area (Å²) < 4.78 is 0. The quantitative estimate of drug-likeness (QED) is 0.382. The van der Waals surface area contributed by atoms with Crippen LogP contribution in [-0.2, 0) is 0 Å². The minimum Gasteiger partial charge on any atom is -0.507 e. The molecule has 2 rings (SSSR count). The van der Waals surface area contributed by atoms with Gasteiger partial charge in [-0.25, -0.2) is 0 Å². The third kappa shape index (κ3) is 2.52. The lowest BCUT2D eigenvalue weighted by molar-refractivity contribution is -0.384. The molecule has 19 heavy (non-hydrogen) atoms. The summed E-state index contributed by atoms with van der Waals surface area (Å²) in [4.78, 5) is 10.2. The number of non-ortho nitro benzene ring substituents is 1. The molecule has 0 amide bonds. The molecule has 96 valence electrons. The van der Waals surface area contributed by atoms with Gasteiger partial charge < -0.3 is 10.3 Å². The number of oxime groups is 1. The molecule has 2 aromatic rings. The lowest BCUT2D eigenvalue weighted by Gasteiger charge is -2.06. The fourth-order valence-corrected chi connectivity index (χ4v) is 1.69. The minimum atomic E-state index is -0.580. The van der Waals surface area contributed by atoms with Crippen LogP contribution < -0.4 is 0 Å². The van der Waals surface area contributed by atoms with Gasteiger partial charge in [0.2, 0.25) is 0 Å². The maximum Gasteiger partial charge on any atom is 0.270 e. The van der Waals surface area contributed by atoms with Crippen molar-refractivity contribution in [1.82, 2.24) is 0 Å². The highest BCUT2D eigenvalue weighted by Gasteiger charge is 2.16. The van der Waals surface area contributed by atoms with Gasteiger partial charge in [-0.15, -0.1) is 0 Å². The van der Waals surface area contributed by atoms with Crippen LogP contribution >= 0.6 is 0 Å². The molecule has 0 bridgehead atoms. The predicted octanol–water partition coefficient (Wildman–Crippen LogP) is 2.53. The molecule has 6 nitrogen and oxygen atoms in total. The van der Waals surface area contributed by atoms with E-state index in [9.17, 15) is 15.2 Å². The first-order chi connectivity index (χ1) is 9.13. The molecule has 0 aliphatic heterocycles. The number of nitro groups is 1. The Balaban J connectivity index is 2.56. The summed E-state index contributed by atoms with van der Waals surface area (Å²) >= 11 is 0. The SMILES string of the molecule is O=[N+]([O-])c1ccc(O)c(/C(=N/O)c2ccccc2)c1. The molecule has 0 spiro atoms. The van der Waals surface area contributed by atoms with Gasteiger partial charge in [0.05, 0.1) is 10.5 Å². The van der Waals surface area contributed by atoms with E-state index in [1.807, 2.05) is 0 Å². The van der Waals surface area contributed by atoms with E-state index in [4.69, 9.17) is 5.21 Å². The van der Waals surface area contributed by atoms with E-state index >= 15 is 0 Å². The van der Waals surface area contributed by atoms with E-state index in [-0.39, 0.29) is 22.7 Å². The first-order valence-electron chi connectivity index (χ1n) is 5.38. The summed E-state index contributed by atoms with van der Waals surface area (Å²) in [5.74, 6) is -0.192. The number of phenolic OH excluding ortho intramolecular Hbond substituents is 1. The second-order valence-electron chi connectivity index (χ2n) is 3.77. The molecule has 0 radical (unpaired) electrons. The average Bonchev–Trinajstić information content (AvgIpc) is 2.42. The lowest BCUT2D eigenvalue weighted by Crippen LogP contribution is -2.04. The van der Waals surface area contributed by atoms with Crippen LogP contribution in [0.3, 0.4) is 0 Å². The van der Waals surface area contributed by atoms with Crippen molar-refractivity contribution >= 4 is 11.4 Å². The van der Waals surface area contributed by atoms with Crippen LogP contribution in [-0.4, -0.2) is 20.9 Å². The molecule has 2 aromatic carbocycles. The Morgan fingerprint density at radius 3 is 2.42 bits per heavy atom. The van der Waals surface area contributed by atoms with Crippen molar-refractivity contribution in [2.24, 2.45) is 5.16 Å². The van der Waals surface area contributed by atoms with Crippen LogP contribution in [0.15, 0.2) is 53.7 Å². The molecular weight excluding hydrogens is 248 g/mol. The van der Waals surface area contributed by atoms with Crippen molar-refractivity contribution in [1.29, 1.82) is 0 Å². The normalized spacial score (nSPS) is 11.3. The number of phenols is 1. The van der Waals surface area contributed by atoms with E-state index in [0.29, 0.717) is 5.56 Å². The number of rotatable bonds is 3. The Morgan fingerprint density at radius 2 is 1.84 bits per heavy atom. The second-order valence-corrected chi connectivity index (χ2v) is 3.77. The standard InChI is InChI=1S/C13H10N2O4/c16-12-7-6-10(15(18)19)8-11(12)13(14-17)9-4-2-1-3-5-9/h1-8,16-17H/b14-13+. The van der Waals surface area contributed by atoms with E-state index in [2.05, 4.69) is 5.16 Å². The zero-order valence-electron chi connectivity index (χ0n) is 9.72. The van der Waals surface area contributed by atoms with Gasteiger partial charge in [0.25, 0.3) is 5.69 Å². The predicted molar refractivity (Wildman–Crippen MR) is 68.6 cm³/mol. The third-order valence-corrected chi connectivity index (χ3v) is 2.59. The molecule has 2 N–H and O–H groups in total. The van der Waals surface area contributed by atoms with Gasteiger partial charge in [0.1, 0.15) is 11.5 Å². The second kappa shape index (κ2) is 5.18.